The molecule has 1 N–H and O–H groups in total. The molecule has 41 heavy (non-hydrogen) atoms. The van der Waals surface area contributed by atoms with Crippen molar-refractivity contribution in [3.05, 3.63) is 41.1 Å². The van der Waals surface area contributed by atoms with Gasteiger partial charge in [0.05, 0.1) is 36.1 Å². The van der Waals surface area contributed by atoms with Crippen LogP contribution in [0.15, 0.2) is 29.3 Å². The SMILES string of the molecule is Cc1nc2c(/N=C/N(C)C)cc(N3CCOCC3)nn2c1Nc1cccc(C(F)(F)F)c1CN1CC(S(C)(=O)=O)C1. The van der Waals surface area contributed by atoms with E-state index in [2.05, 4.69) is 20.2 Å². The number of benzene rings is 1. The molecule has 4 heterocycles. The van der Waals surface area contributed by atoms with Crippen LogP contribution in [-0.4, -0.2) is 104 Å². The summed E-state index contributed by atoms with van der Waals surface area (Å²) in [4.78, 5) is 14.8. The average Bonchev–Trinajstić information content (AvgIpc) is 3.19. The molecule has 0 saturated carbocycles. The average molecular weight is 595 g/mol. The summed E-state index contributed by atoms with van der Waals surface area (Å²) in [6.45, 7) is 4.41. The van der Waals surface area contributed by atoms with Gasteiger partial charge in [-0.25, -0.2) is 18.4 Å². The molecular weight excluding hydrogens is 561 g/mol. The topological polar surface area (TPSA) is 108 Å². The molecule has 5 rings (SSSR count). The van der Waals surface area contributed by atoms with Crippen molar-refractivity contribution in [2.45, 2.75) is 24.9 Å². The van der Waals surface area contributed by atoms with Crippen LogP contribution in [0.5, 0.6) is 0 Å². The number of nitrogens with one attached hydrogen (secondary N) is 1. The molecule has 15 heteroatoms. The number of halogens is 3. The molecule has 0 bridgehead atoms. The van der Waals surface area contributed by atoms with E-state index in [9.17, 15) is 21.6 Å². The number of hydrogen-bond acceptors (Lipinski definition) is 9. The second-order valence-electron chi connectivity index (χ2n) is 10.6. The van der Waals surface area contributed by atoms with Crippen molar-refractivity contribution in [3.8, 4) is 0 Å². The molecule has 2 aliphatic rings. The highest BCUT2D eigenvalue weighted by molar-refractivity contribution is 7.91. The van der Waals surface area contributed by atoms with E-state index < -0.39 is 26.8 Å². The fraction of sp³-hybridized carbons (Fsp3) is 0.500. The summed E-state index contributed by atoms with van der Waals surface area (Å²) < 4.78 is 73.2. The second kappa shape index (κ2) is 11.1. The number of anilines is 3. The van der Waals surface area contributed by atoms with Crippen LogP contribution in [0.1, 0.15) is 16.8 Å². The Kier molecular flexibility index (Phi) is 7.87. The molecule has 1 aromatic carbocycles. The molecule has 0 unspecified atom stereocenters. The van der Waals surface area contributed by atoms with Gasteiger partial charge in [-0.05, 0) is 19.1 Å². The molecule has 2 fully saturated rings. The van der Waals surface area contributed by atoms with Gasteiger partial charge >= 0.3 is 6.18 Å². The lowest BCUT2D eigenvalue weighted by Crippen LogP contribution is -2.53. The summed E-state index contributed by atoms with van der Waals surface area (Å²) in [5, 5.41) is 7.40. The summed E-state index contributed by atoms with van der Waals surface area (Å²) in [5.41, 5.74) is 1.02. The molecule has 2 aliphatic heterocycles. The zero-order chi connectivity index (χ0) is 29.5. The molecule has 0 atom stereocenters. The number of fused-ring (bicyclic) bond motifs is 1. The van der Waals surface area contributed by atoms with E-state index >= 15 is 0 Å². The minimum atomic E-state index is -4.60. The number of hydrogen-bond donors (Lipinski definition) is 1. The molecule has 3 aromatic rings. The van der Waals surface area contributed by atoms with Gasteiger partial charge in [0.25, 0.3) is 0 Å². The van der Waals surface area contributed by atoms with Gasteiger partial charge < -0.3 is 19.9 Å². The second-order valence-corrected chi connectivity index (χ2v) is 12.9. The molecule has 0 spiro atoms. The quantitative estimate of drug-likeness (QED) is 0.311. The lowest BCUT2D eigenvalue weighted by molar-refractivity contribution is -0.138. The van der Waals surface area contributed by atoms with E-state index in [1.54, 1.807) is 33.6 Å². The van der Waals surface area contributed by atoms with Gasteiger partial charge in [0, 0.05) is 70.4 Å². The first kappa shape index (κ1) is 29.1. The Hall–Kier alpha value is -3.43. The van der Waals surface area contributed by atoms with Crippen molar-refractivity contribution in [1.29, 1.82) is 0 Å². The van der Waals surface area contributed by atoms with E-state index in [-0.39, 0.29) is 30.9 Å². The molecular formula is C26H33F3N8O3S. The maximum atomic E-state index is 14.1. The van der Waals surface area contributed by atoms with E-state index in [0.717, 1.165) is 12.3 Å². The van der Waals surface area contributed by atoms with Crippen LogP contribution in [0.3, 0.4) is 0 Å². The first-order valence-electron chi connectivity index (χ1n) is 13.1. The number of aliphatic imine (C=N–C) groups is 1. The molecule has 2 aromatic heterocycles. The third-order valence-corrected chi connectivity index (χ3v) is 8.64. The fourth-order valence-corrected chi connectivity index (χ4v) is 5.84. The molecule has 2 saturated heterocycles. The van der Waals surface area contributed by atoms with E-state index in [1.165, 1.54) is 6.07 Å². The summed E-state index contributed by atoms with van der Waals surface area (Å²) in [6.07, 6.45) is -1.80. The minimum Gasteiger partial charge on any atom is -0.378 e. The molecule has 0 aliphatic carbocycles. The van der Waals surface area contributed by atoms with Crippen molar-refractivity contribution < 1.29 is 26.3 Å². The largest absolute Gasteiger partial charge is 0.416 e. The molecule has 0 radical (unpaired) electrons. The van der Waals surface area contributed by atoms with Crippen LogP contribution >= 0.6 is 0 Å². The van der Waals surface area contributed by atoms with Gasteiger partial charge in [0.1, 0.15) is 5.69 Å². The number of ether oxygens (including phenoxy) is 1. The fourth-order valence-electron chi connectivity index (χ4n) is 4.88. The van der Waals surface area contributed by atoms with Crippen molar-refractivity contribution in [2.75, 3.05) is 70.0 Å². The van der Waals surface area contributed by atoms with Crippen LogP contribution in [0.4, 0.5) is 36.2 Å². The molecule has 222 valence electrons. The van der Waals surface area contributed by atoms with Gasteiger partial charge in [0.2, 0.25) is 0 Å². The summed E-state index contributed by atoms with van der Waals surface area (Å²) in [6, 6.07) is 5.81. The Morgan fingerprint density at radius 3 is 2.56 bits per heavy atom. The summed E-state index contributed by atoms with van der Waals surface area (Å²) in [5.74, 6) is 1.05. The van der Waals surface area contributed by atoms with Crippen molar-refractivity contribution in [1.82, 2.24) is 24.4 Å². The number of nitrogens with zero attached hydrogens (tertiary/aromatic N) is 7. The van der Waals surface area contributed by atoms with E-state index in [4.69, 9.17) is 9.84 Å². The van der Waals surface area contributed by atoms with Gasteiger partial charge in [-0.2, -0.15) is 17.7 Å². The number of morpholine rings is 1. The first-order valence-corrected chi connectivity index (χ1v) is 15.1. The number of sulfone groups is 1. The highest BCUT2D eigenvalue weighted by atomic mass is 32.2. The van der Waals surface area contributed by atoms with Crippen molar-refractivity contribution in [3.63, 3.8) is 0 Å². The zero-order valence-corrected chi connectivity index (χ0v) is 24.1. The first-order chi connectivity index (χ1) is 19.3. The lowest BCUT2D eigenvalue weighted by Gasteiger charge is -2.38. The minimum absolute atomic E-state index is 0.0245. The number of likely N-dealkylation sites (tertiary alicyclic amines) is 1. The smallest absolute Gasteiger partial charge is 0.378 e. The monoisotopic (exact) mass is 594 g/mol. The standard InChI is InChI=1S/C26H33F3N8O3S/c1-17-24(37-25(31-17)22(30-16-34(2)3)12-23(33-37)36-8-10-40-11-9-36)32-21-7-5-6-20(26(27,28)29)19(21)15-35-13-18(14-35)41(4,38)39/h5-7,12,16,18,32H,8-11,13-15H2,1-4H3/b30-16+. The maximum absolute atomic E-state index is 14.1. The Morgan fingerprint density at radius 2 is 1.93 bits per heavy atom. The Morgan fingerprint density at radius 1 is 1.22 bits per heavy atom. The number of aryl methyl sites for hydroxylation is 1. The normalized spacial score (nSPS) is 17.4. The Bertz CT molecular complexity index is 1560. The van der Waals surface area contributed by atoms with Crippen molar-refractivity contribution >= 4 is 44.8 Å². The lowest BCUT2D eigenvalue weighted by atomic mass is 10.0. The summed E-state index contributed by atoms with van der Waals surface area (Å²) in [7, 11) is 0.430. The third-order valence-electron chi connectivity index (χ3n) is 7.13. The van der Waals surface area contributed by atoms with Crippen LogP contribution in [0.2, 0.25) is 0 Å². The summed E-state index contributed by atoms with van der Waals surface area (Å²) >= 11 is 0. The number of imidazole rings is 1. The van der Waals surface area contributed by atoms with Crippen molar-refractivity contribution in [2.24, 2.45) is 4.99 Å². The van der Waals surface area contributed by atoms with Crippen LogP contribution in [0, 0.1) is 6.92 Å². The number of rotatable bonds is 8. The zero-order valence-electron chi connectivity index (χ0n) is 23.3. The Labute approximate surface area is 236 Å². The van der Waals surface area contributed by atoms with Gasteiger partial charge in [-0.3, -0.25) is 4.90 Å². The van der Waals surface area contributed by atoms with Gasteiger partial charge in [-0.15, -0.1) is 5.10 Å². The van der Waals surface area contributed by atoms with Crippen LogP contribution < -0.4 is 10.2 Å². The Balaban J connectivity index is 1.57. The predicted molar refractivity (Wildman–Crippen MR) is 151 cm³/mol. The van der Waals surface area contributed by atoms with Gasteiger partial charge in [0.15, 0.2) is 27.1 Å². The van der Waals surface area contributed by atoms with E-state index in [0.29, 0.717) is 55.0 Å². The van der Waals surface area contributed by atoms with Gasteiger partial charge in [-0.1, -0.05) is 6.07 Å². The van der Waals surface area contributed by atoms with Crippen LogP contribution in [-0.2, 0) is 27.3 Å². The highest BCUT2D eigenvalue weighted by Gasteiger charge is 2.38. The molecule has 0 amide bonds. The number of aromatic nitrogens is 3. The van der Waals surface area contributed by atoms with E-state index in [1.807, 2.05) is 20.2 Å². The highest BCUT2D eigenvalue weighted by Crippen LogP contribution is 2.38. The van der Waals surface area contributed by atoms with Crippen LogP contribution in [0.25, 0.3) is 5.65 Å². The third kappa shape index (κ3) is 6.26. The predicted octanol–water partition coefficient (Wildman–Crippen LogP) is 3.09. The maximum Gasteiger partial charge on any atom is 0.416 e. The molecule has 11 nitrogen and oxygen atoms in total. The number of alkyl halides is 3.